The predicted molar refractivity (Wildman–Crippen MR) is 121 cm³/mol. The topological polar surface area (TPSA) is 75.6 Å². The van der Waals surface area contributed by atoms with Crippen LogP contribution >= 0.6 is 11.6 Å². The molecule has 0 unspecified atom stereocenters. The summed E-state index contributed by atoms with van der Waals surface area (Å²) >= 11 is 6.13. The van der Waals surface area contributed by atoms with Gasteiger partial charge in [-0.1, -0.05) is 66.2 Å². The molecule has 0 saturated carbocycles. The third kappa shape index (κ3) is 4.59. The number of fused-ring (bicyclic) bond motifs is 1. The molecule has 7 heteroatoms. The summed E-state index contributed by atoms with van der Waals surface area (Å²) < 4.78 is 5.72. The Morgan fingerprint density at radius 1 is 1.06 bits per heavy atom. The molecule has 0 bridgehead atoms. The summed E-state index contributed by atoms with van der Waals surface area (Å²) in [6, 6.07) is 21.3. The zero-order valence-electron chi connectivity index (χ0n) is 16.8. The van der Waals surface area contributed by atoms with Crippen LogP contribution in [0.2, 0.25) is 5.02 Å². The van der Waals surface area contributed by atoms with Crippen LogP contribution in [0.4, 0.5) is 5.95 Å². The quantitative estimate of drug-likeness (QED) is 0.432. The van der Waals surface area contributed by atoms with E-state index < -0.39 is 5.97 Å². The summed E-state index contributed by atoms with van der Waals surface area (Å²) in [5, 5.41) is 12.3. The summed E-state index contributed by atoms with van der Waals surface area (Å²) in [4.78, 5) is 22.3. The number of aromatic nitrogens is 2. The second kappa shape index (κ2) is 9.02. The molecule has 0 fully saturated rings. The summed E-state index contributed by atoms with van der Waals surface area (Å²) in [7, 11) is 1.87. The van der Waals surface area contributed by atoms with Gasteiger partial charge in [0.15, 0.2) is 0 Å². The number of carboxylic acids is 1. The molecule has 0 atom stereocenters. The summed E-state index contributed by atoms with van der Waals surface area (Å²) in [6.07, 6.45) is 1.32. The molecular weight excluding hydrogens is 414 g/mol. The summed E-state index contributed by atoms with van der Waals surface area (Å²) in [5.41, 5.74) is 1.40. The Hall–Kier alpha value is -3.64. The monoisotopic (exact) mass is 433 g/mol. The van der Waals surface area contributed by atoms with Gasteiger partial charge in [0.1, 0.15) is 17.9 Å². The van der Waals surface area contributed by atoms with Crippen LogP contribution < -0.4 is 9.64 Å². The van der Waals surface area contributed by atoms with Crippen molar-refractivity contribution in [2.45, 2.75) is 13.2 Å². The third-order valence-corrected chi connectivity index (χ3v) is 5.23. The van der Waals surface area contributed by atoms with Crippen molar-refractivity contribution in [3.05, 3.63) is 94.8 Å². The van der Waals surface area contributed by atoms with Crippen molar-refractivity contribution in [2.75, 3.05) is 11.9 Å². The normalized spacial score (nSPS) is 10.8. The van der Waals surface area contributed by atoms with E-state index in [9.17, 15) is 9.90 Å². The molecule has 0 aliphatic rings. The molecule has 4 rings (SSSR count). The molecule has 4 aromatic rings. The van der Waals surface area contributed by atoms with E-state index in [1.165, 1.54) is 6.20 Å². The van der Waals surface area contributed by atoms with Crippen LogP contribution in [0.15, 0.2) is 72.9 Å². The fraction of sp³-hybridized carbons (Fsp3) is 0.125. The molecule has 1 aromatic heterocycles. The van der Waals surface area contributed by atoms with Crippen LogP contribution in [0.25, 0.3) is 10.8 Å². The third-order valence-electron chi connectivity index (χ3n) is 4.92. The van der Waals surface area contributed by atoms with Gasteiger partial charge in [0, 0.05) is 19.8 Å². The van der Waals surface area contributed by atoms with E-state index in [0.717, 1.165) is 16.3 Å². The number of hydrogen-bond acceptors (Lipinski definition) is 5. The van der Waals surface area contributed by atoms with E-state index in [0.29, 0.717) is 23.3 Å². The average Bonchev–Trinajstić information content (AvgIpc) is 2.78. The van der Waals surface area contributed by atoms with Crippen molar-refractivity contribution >= 4 is 34.3 Å². The summed E-state index contributed by atoms with van der Waals surface area (Å²) in [6.45, 7) is 0.529. The number of carbonyl (C=O) groups is 1. The Morgan fingerprint density at radius 3 is 2.61 bits per heavy atom. The second-order valence-electron chi connectivity index (χ2n) is 7.05. The second-order valence-corrected chi connectivity index (χ2v) is 7.46. The molecular formula is C24H20ClN3O3. The Kier molecular flexibility index (Phi) is 6.00. The number of anilines is 1. The molecule has 0 aliphatic carbocycles. The lowest BCUT2D eigenvalue weighted by molar-refractivity contribution is 0.0692. The standard InChI is InChI=1S/C24H20ClN3O3/c1-28(14-17-9-6-8-16-7-2-3-10-18(16)17)24-26-13-19(23(29)30)21(27-24)15-31-22-12-5-4-11-20(22)25/h2-13H,14-15H2,1H3,(H,29,30). The first-order valence-electron chi connectivity index (χ1n) is 9.67. The van der Waals surface area contributed by atoms with Crippen LogP contribution in [0, 0.1) is 0 Å². The highest BCUT2D eigenvalue weighted by Gasteiger charge is 2.17. The van der Waals surface area contributed by atoms with E-state index in [-0.39, 0.29) is 17.9 Å². The van der Waals surface area contributed by atoms with Gasteiger partial charge in [0.05, 0.1) is 10.7 Å². The number of hydrogen-bond donors (Lipinski definition) is 1. The molecule has 6 nitrogen and oxygen atoms in total. The number of ether oxygens (including phenoxy) is 1. The van der Waals surface area contributed by atoms with Crippen LogP contribution in [0.3, 0.4) is 0 Å². The zero-order valence-corrected chi connectivity index (χ0v) is 17.6. The number of carboxylic acid groups (broad SMARTS) is 1. The lowest BCUT2D eigenvalue weighted by Crippen LogP contribution is -2.21. The Balaban J connectivity index is 1.60. The first kappa shape index (κ1) is 20.6. The van der Waals surface area contributed by atoms with Gasteiger partial charge in [-0.25, -0.2) is 14.8 Å². The molecule has 0 spiro atoms. The zero-order chi connectivity index (χ0) is 21.8. The van der Waals surface area contributed by atoms with E-state index in [4.69, 9.17) is 16.3 Å². The van der Waals surface area contributed by atoms with E-state index in [2.05, 4.69) is 34.2 Å². The molecule has 0 aliphatic heterocycles. The van der Waals surface area contributed by atoms with Crippen molar-refractivity contribution in [2.24, 2.45) is 0 Å². The first-order chi connectivity index (χ1) is 15.0. The van der Waals surface area contributed by atoms with Gasteiger partial charge < -0.3 is 14.7 Å². The first-order valence-corrected chi connectivity index (χ1v) is 10.0. The largest absolute Gasteiger partial charge is 0.486 e. The van der Waals surface area contributed by atoms with Crippen molar-refractivity contribution in [3.8, 4) is 5.75 Å². The van der Waals surface area contributed by atoms with Gasteiger partial charge in [-0.2, -0.15) is 0 Å². The maximum atomic E-state index is 11.6. The number of aromatic carboxylic acids is 1. The molecule has 3 aromatic carbocycles. The van der Waals surface area contributed by atoms with Crippen LogP contribution in [0.5, 0.6) is 5.75 Å². The van der Waals surface area contributed by atoms with E-state index in [1.807, 2.05) is 30.1 Å². The summed E-state index contributed by atoms with van der Waals surface area (Å²) in [5.74, 6) is -0.235. The highest BCUT2D eigenvalue weighted by molar-refractivity contribution is 6.32. The molecule has 0 radical (unpaired) electrons. The molecule has 31 heavy (non-hydrogen) atoms. The van der Waals surface area contributed by atoms with E-state index in [1.54, 1.807) is 24.3 Å². The lowest BCUT2D eigenvalue weighted by Gasteiger charge is -2.19. The van der Waals surface area contributed by atoms with Crippen molar-refractivity contribution in [3.63, 3.8) is 0 Å². The number of rotatable bonds is 7. The van der Waals surface area contributed by atoms with Gasteiger partial charge in [0.2, 0.25) is 5.95 Å². The van der Waals surface area contributed by atoms with Crippen molar-refractivity contribution in [1.29, 1.82) is 0 Å². The maximum absolute atomic E-state index is 11.6. The minimum Gasteiger partial charge on any atom is -0.486 e. The van der Waals surface area contributed by atoms with Crippen molar-refractivity contribution < 1.29 is 14.6 Å². The number of para-hydroxylation sites is 1. The minimum absolute atomic E-state index is 0.00522. The Labute approximate surface area is 184 Å². The number of benzene rings is 3. The highest BCUT2D eigenvalue weighted by atomic mass is 35.5. The van der Waals surface area contributed by atoms with E-state index >= 15 is 0 Å². The van der Waals surface area contributed by atoms with Crippen LogP contribution in [0.1, 0.15) is 21.6 Å². The van der Waals surface area contributed by atoms with Crippen molar-refractivity contribution in [1.82, 2.24) is 9.97 Å². The van der Waals surface area contributed by atoms with Gasteiger partial charge in [0.25, 0.3) is 0 Å². The molecule has 0 amide bonds. The molecule has 156 valence electrons. The smallest absolute Gasteiger partial charge is 0.339 e. The predicted octanol–water partition coefficient (Wildman–Crippen LogP) is 5.20. The van der Waals surface area contributed by atoms with Gasteiger partial charge >= 0.3 is 5.97 Å². The maximum Gasteiger partial charge on any atom is 0.339 e. The fourth-order valence-electron chi connectivity index (χ4n) is 3.34. The van der Waals surface area contributed by atoms with Gasteiger partial charge in [-0.3, -0.25) is 0 Å². The molecule has 1 heterocycles. The van der Waals surface area contributed by atoms with Gasteiger partial charge in [-0.05, 0) is 28.5 Å². The van der Waals surface area contributed by atoms with Crippen LogP contribution in [-0.2, 0) is 13.2 Å². The SMILES string of the molecule is CN(Cc1cccc2ccccc12)c1ncc(C(=O)O)c(COc2ccccc2Cl)n1. The Bertz CT molecular complexity index is 1240. The molecule has 0 saturated heterocycles. The minimum atomic E-state index is -1.11. The van der Waals surface area contributed by atoms with Gasteiger partial charge in [-0.15, -0.1) is 0 Å². The number of nitrogens with zero attached hydrogens (tertiary/aromatic N) is 3. The van der Waals surface area contributed by atoms with Crippen LogP contribution in [-0.4, -0.2) is 28.1 Å². The molecule has 1 N–H and O–H groups in total. The number of halogens is 1. The fourth-order valence-corrected chi connectivity index (χ4v) is 3.53. The Morgan fingerprint density at radius 2 is 1.81 bits per heavy atom. The highest BCUT2D eigenvalue weighted by Crippen LogP contribution is 2.25. The lowest BCUT2D eigenvalue weighted by atomic mass is 10.0. The average molecular weight is 434 g/mol.